The van der Waals surface area contributed by atoms with Crippen molar-refractivity contribution in [2.75, 3.05) is 6.54 Å². The Hall–Kier alpha value is -3.51. The highest BCUT2D eigenvalue weighted by Gasteiger charge is 2.16. The van der Waals surface area contributed by atoms with Gasteiger partial charge in [-0.15, -0.1) is 4.40 Å². The highest BCUT2D eigenvalue weighted by atomic mass is 32.2. The van der Waals surface area contributed by atoms with Crippen molar-refractivity contribution in [2.24, 2.45) is 4.40 Å². The Kier molecular flexibility index (Phi) is 5.10. The zero-order chi connectivity index (χ0) is 20.4. The van der Waals surface area contributed by atoms with Gasteiger partial charge in [-0.2, -0.15) is 4.28 Å². The molecular formula is C17H15N7O4S. The fourth-order valence-electron chi connectivity index (χ4n) is 2.75. The molecule has 0 bridgehead atoms. The number of carbonyl (C=O) groups is 1. The Balaban J connectivity index is 1.67. The average molecular weight is 413 g/mol. The van der Waals surface area contributed by atoms with Crippen LogP contribution in [-0.2, 0) is 22.1 Å². The SMILES string of the molecule is CCNC(=O)c1cc2c(=O)n(Cc3cncc(C4=NS(=O)ON4)c3)cnc2cn1. The number of carbonyl (C=O) groups excluding carboxylic acids is 1. The van der Waals surface area contributed by atoms with E-state index in [0.29, 0.717) is 34.4 Å². The molecule has 0 aromatic carbocycles. The smallest absolute Gasteiger partial charge is 0.309 e. The first kappa shape index (κ1) is 18.8. The van der Waals surface area contributed by atoms with E-state index in [4.69, 9.17) is 0 Å². The molecule has 3 aromatic heterocycles. The topological polar surface area (TPSA) is 140 Å². The summed E-state index contributed by atoms with van der Waals surface area (Å²) in [6.07, 6.45) is 5.94. The van der Waals surface area contributed by atoms with Gasteiger partial charge in [0.1, 0.15) is 5.69 Å². The van der Waals surface area contributed by atoms with Crippen LogP contribution in [0, 0.1) is 0 Å². The molecule has 148 valence electrons. The van der Waals surface area contributed by atoms with Crippen LogP contribution in [-0.4, -0.2) is 42.0 Å². The number of hydrogen-bond acceptors (Lipinski definition) is 8. The number of pyridine rings is 2. The number of hydroxylamine groups is 1. The molecular weight excluding hydrogens is 398 g/mol. The first-order valence-corrected chi connectivity index (χ1v) is 9.60. The van der Waals surface area contributed by atoms with Gasteiger partial charge in [0.25, 0.3) is 11.5 Å². The van der Waals surface area contributed by atoms with Crippen LogP contribution in [0.2, 0.25) is 0 Å². The Morgan fingerprint density at radius 1 is 1.28 bits per heavy atom. The van der Waals surface area contributed by atoms with Gasteiger partial charge >= 0.3 is 11.3 Å². The van der Waals surface area contributed by atoms with Gasteiger partial charge < -0.3 is 5.32 Å². The van der Waals surface area contributed by atoms with E-state index in [9.17, 15) is 13.8 Å². The third-order valence-electron chi connectivity index (χ3n) is 4.08. The lowest BCUT2D eigenvalue weighted by atomic mass is 10.2. The molecule has 1 aliphatic rings. The summed E-state index contributed by atoms with van der Waals surface area (Å²) < 4.78 is 21.1. The number of nitrogens with zero attached hydrogens (tertiary/aromatic N) is 5. The molecule has 4 heterocycles. The fourth-order valence-corrected chi connectivity index (χ4v) is 3.23. The summed E-state index contributed by atoms with van der Waals surface area (Å²) in [6, 6.07) is 3.18. The number of aromatic nitrogens is 4. The minimum Gasteiger partial charge on any atom is -0.351 e. The van der Waals surface area contributed by atoms with Crippen LogP contribution < -0.4 is 16.4 Å². The van der Waals surface area contributed by atoms with Crippen molar-refractivity contribution in [3.05, 3.63) is 64.2 Å². The minimum atomic E-state index is -1.78. The monoisotopic (exact) mass is 413 g/mol. The van der Waals surface area contributed by atoms with Crippen molar-refractivity contribution in [2.45, 2.75) is 13.5 Å². The molecule has 0 fully saturated rings. The van der Waals surface area contributed by atoms with E-state index in [1.54, 1.807) is 19.2 Å². The van der Waals surface area contributed by atoms with Crippen LogP contribution >= 0.6 is 0 Å². The van der Waals surface area contributed by atoms with Gasteiger partial charge in [0.05, 0.1) is 30.0 Å². The first-order chi connectivity index (χ1) is 14.0. The molecule has 11 nitrogen and oxygen atoms in total. The number of fused-ring (bicyclic) bond motifs is 1. The van der Waals surface area contributed by atoms with Crippen molar-refractivity contribution >= 4 is 33.9 Å². The maximum absolute atomic E-state index is 12.9. The molecule has 0 saturated heterocycles. The Morgan fingerprint density at radius 2 is 2.14 bits per heavy atom. The second-order valence-corrected chi connectivity index (χ2v) is 6.83. The zero-order valence-corrected chi connectivity index (χ0v) is 16.0. The van der Waals surface area contributed by atoms with Gasteiger partial charge in [-0.3, -0.25) is 19.1 Å². The summed E-state index contributed by atoms with van der Waals surface area (Å²) in [6.45, 7) is 2.45. The molecule has 3 aromatic rings. The summed E-state index contributed by atoms with van der Waals surface area (Å²) in [5.74, 6) is -0.0649. The molecule has 12 heteroatoms. The highest BCUT2D eigenvalue weighted by Crippen LogP contribution is 2.11. The van der Waals surface area contributed by atoms with Crippen molar-refractivity contribution in [3.8, 4) is 0 Å². The van der Waals surface area contributed by atoms with Crippen LogP contribution in [0.3, 0.4) is 0 Å². The van der Waals surface area contributed by atoms with Gasteiger partial charge in [-0.05, 0) is 24.6 Å². The molecule has 29 heavy (non-hydrogen) atoms. The minimum absolute atomic E-state index is 0.151. The van der Waals surface area contributed by atoms with Gasteiger partial charge in [0.15, 0.2) is 5.84 Å². The van der Waals surface area contributed by atoms with Crippen molar-refractivity contribution in [1.82, 2.24) is 30.3 Å². The summed E-state index contributed by atoms with van der Waals surface area (Å²) in [4.78, 5) is 37.3. The van der Waals surface area contributed by atoms with Crippen molar-refractivity contribution in [1.29, 1.82) is 0 Å². The largest absolute Gasteiger partial charge is 0.351 e. The lowest BCUT2D eigenvalue weighted by molar-refractivity contribution is 0.0951. The lowest BCUT2D eigenvalue weighted by Crippen LogP contribution is -2.25. The number of nitrogens with one attached hydrogen (secondary N) is 2. The molecule has 0 saturated carbocycles. The highest BCUT2D eigenvalue weighted by molar-refractivity contribution is 7.79. The Morgan fingerprint density at radius 3 is 2.90 bits per heavy atom. The van der Waals surface area contributed by atoms with Gasteiger partial charge in [-0.1, -0.05) is 0 Å². The third kappa shape index (κ3) is 3.88. The molecule has 0 radical (unpaired) electrons. The maximum Gasteiger partial charge on any atom is 0.309 e. The normalized spacial score (nSPS) is 15.8. The van der Waals surface area contributed by atoms with E-state index in [2.05, 4.69) is 34.4 Å². The van der Waals surface area contributed by atoms with Crippen LogP contribution in [0.25, 0.3) is 10.9 Å². The van der Waals surface area contributed by atoms with Crippen molar-refractivity contribution < 1.29 is 13.3 Å². The van der Waals surface area contributed by atoms with Crippen LogP contribution in [0.5, 0.6) is 0 Å². The van der Waals surface area contributed by atoms with Crippen LogP contribution in [0.4, 0.5) is 0 Å². The second kappa shape index (κ2) is 7.85. The number of hydrogen-bond donors (Lipinski definition) is 2. The average Bonchev–Trinajstić information content (AvgIpc) is 3.17. The van der Waals surface area contributed by atoms with Gasteiger partial charge in [-0.25, -0.2) is 19.7 Å². The summed E-state index contributed by atoms with van der Waals surface area (Å²) in [5, 5.41) is 2.94. The Labute approximate surface area is 166 Å². The molecule has 0 spiro atoms. The number of rotatable bonds is 5. The molecule has 1 unspecified atom stereocenters. The molecule has 1 amide bonds. The van der Waals surface area contributed by atoms with E-state index < -0.39 is 11.3 Å². The van der Waals surface area contributed by atoms with E-state index in [1.165, 1.54) is 29.4 Å². The molecule has 4 rings (SSSR count). The summed E-state index contributed by atoms with van der Waals surface area (Å²) in [5.41, 5.74) is 3.97. The molecule has 2 N–H and O–H groups in total. The van der Waals surface area contributed by atoms with E-state index in [0.717, 1.165) is 0 Å². The van der Waals surface area contributed by atoms with Crippen LogP contribution in [0.15, 0.2) is 46.2 Å². The van der Waals surface area contributed by atoms with E-state index in [-0.39, 0.29) is 23.7 Å². The Bertz CT molecular complexity index is 1220. The van der Waals surface area contributed by atoms with E-state index in [1.807, 2.05) is 0 Å². The first-order valence-electron chi connectivity index (χ1n) is 8.56. The quantitative estimate of drug-likeness (QED) is 0.588. The summed E-state index contributed by atoms with van der Waals surface area (Å²) >= 11 is -1.78. The fraction of sp³-hybridized carbons (Fsp3) is 0.176. The predicted octanol–water partition coefficient (Wildman–Crippen LogP) is -0.155. The van der Waals surface area contributed by atoms with Gasteiger partial charge in [0, 0.05) is 24.5 Å². The third-order valence-corrected chi connectivity index (χ3v) is 4.63. The van der Waals surface area contributed by atoms with Gasteiger partial charge in [0.2, 0.25) is 0 Å². The van der Waals surface area contributed by atoms with Crippen molar-refractivity contribution in [3.63, 3.8) is 0 Å². The number of amidine groups is 1. The maximum atomic E-state index is 12.9. The molecule has 1 atom stereocenters. The molecule has 1 aliphatic heterocycles. The zero-order valence-electron chi connectivity index (χ0n) is 15.2. The molecule has 0 aliphatic carbocycles. The van der Waals surface area contributed by atoms with E-state index >= 15 is 0 Å². The predicted molar refractivity (Wildman–Crippen MR) is 104 cm³/mol. The number of amides is 1. The lowest BCUT2D eigenvalue weighted by Gasteiger charge is -2.08. The second-order valence-electron chi connectivity index (χ2n) is 6.05. The standard InChI is InChI=1S/C17H15N7O4S/c1-2-19-16(25)13-4-12-14(7-20-13)21-9-24(17(12)26)8-10-3-11(6-18-5-10)15-22-28-29(27)23-15/h3-7,9H,2,8H2,1H3,(H,19,25)(H,22,23). The van der Waals surface area contributed by atoms with Crippen LogP contribution in [0.1, 0.15) is 28.5 Å². The summed E-state index contributed by atoms with van der Waals surface area (Å²) in [7, 11) is 0.